The molecular formula is C14H20FN. The Morgan fingerprint density at radius 2 is 1.94 bits per heavy atom. The number of benzene rings is 1. The van der Waals surface area contributed by atoms with Crippen LogP contribution in [0.1, 0.15) is 30.4 Å². The molecule has 1 atom stereocenters. The average molecular weight is 221 g/mol. The molecule has 1 fully saturated rings. The number of alkyl halides is 1. The molecule has 1 aromatic carbocycles. The number of aryl methyl sites for hydroxylation is 1. The summed E-state index contributed by atoms with van der Waals surface area (Å²) >= 11 is 0. The maximum absolute atomic E-state index is 14.6. The molecule has 0 aromatic heterocycles. The van der Waals surface area contributed by atoms with Crippen molar-refractivity contribution in [2.45, 2.75) is 38.3 Å². The average Bonchev–Trinajstić information content (AvgIpc) is 2.47. The van der Waals surface area contributed by atoms with Crippen LogP contribution >= 0.6 is 0 Å². The molecule has 0 spiro atoms. The van der Waals surface area contributed by atoms with E-state index in [1.54, 1.807) is 0 Å². The normalized spacial score (nSPS) is 26.4. The highest BCUT2D eigenvalue weighted by atomic mass is 19.1. The van der Waals surface area contributed by atoms with Crippen LogP contribution in [0, 0.1) is 6.92 Å². The van der Waals surface area contributed by atoms with E-state index in [2.05, 4.69) is 36.5 Å². The molecule has 1 heterocycles. The highest BCUT2D eigenvalue weighted by Gasteiger charge is 2.30. The first-order valence-electron chi connectivity index (χ1n) is 6.13. The lowest BCUT2D eigenvalue weighted by Crippen LogP contribution is -2.27. The maximum atomic E-state index is 14.6. The predicted octanol–water partition coefficient (Wildman–Crippen LogP) is 3.02. The molecule has 1 nitrogen and oxygen atoms in total. The standard InChI is InChI=1S/C14H20FN/c1-12-3-5-13(6-4-12)11-14(15)7-2-9-16-10-8-14/h3-6,16H,2,7-11H2,1H3. The molecule has 1 aliphatic rings. The van der Waals surface area contributed by atoms with Crippen molar-refractivity contribution >= 4 is 0 Å². The summed E-state index contributed by atoms with van der Waals surface area (Å²) in [6, 6.07) is 8.23. The van der Waals surface area contributed by atoms with Crippen LogP contribution in [0.25, 0.3) is 0 Å². The zero-order valence-electron chi connectivity index (χ0n) is 9.93. The van der Waals surface area contributed by atoms with Crippen LogP contribution in [-0.2, 0) is 6.42 Å². The summed E-state index contributed by atoms with van der Waals surface area (Å²) in [4.78, 5) is 0. The van der Waals surface area contributed by atoms with Gasteiger partial charge in [0.1, 0.15) is 5.67 Å². The SMILES string of the molecule is Cc1ccc(CC2(F)CCCNCC2)cc1. The third-order valence-electron chi connectivity index (χ3n) is 3.37. The number of hydrogen-bond acceptors (Lipinski definition) is 1. The topological polar surface area (TPSA) is 12.0 Å². The third kappa shape index (κ3) is 3.05. The molecule has 1 unspecified atom stereocenters. The van der Waals surface area contributed by atoms with Gasteiger partial charge in [-0.15, -0.1) is 0 Å². The summed E-state index contributed by atoms with van der Waals surface area (Å²) in [6.07, 6.45) is 2.84. The summed E-state index contributed by atoms with van der Waals surface area (Å²) in [5.74, 6) is 0. The molecule has 0 aliphatic carbocycles. The van der Waals surface area contributed by atoms with E-state index in [1.165, 1.54) is 5.56 Å². The Bertz CT molecular complexity index is 323. The van der Waals surface area contributed by atoms with E-state index in [-0.39, 0.29) is 0 Å². The van der Waals surface area contributed by atoms with Crippen LogP contribution in [0.2, 0.25) is 0 Å². The second kappa shape index (κ2) is 4.96. The van der Waals surface area contributed by atoms with Gasteiger partial charge in [0.05, 0.1) is 0 Å². The van der Waals surface area contributed by atoms with E-state index in [1.807, 2.05) is 0 Å². The van der Waals surface area contributed by atoms with Crippen LogP contribution < -0.4 is 5.32 Å². The molecular weight excluding hydrogens is 201 g/mol. The molecule has 1 saturated heterocycles. The van der Waals surface area contributed by atoms with Crippen molar-refractivity contribution in [2.75, 3.05) is 13.1 Å². The Labute approximate surface area is 97.1 Å². The fraction of sp³-hybridized carbons (Fsp3) is 0.571. The van der Waals surface area contributed by atoms with Crippen molar-refractivity contribution in [3.63, 3.8) is 0 Å². The van der Waals surface area contributed by atoms with Gasteiger partial charge in [-0.2, -0.15) is 0 Å². The van der Waals surface area contributed by atoms with E-state index in [9.17, 15) is 4.39 Å². The van der Waals surface area contributed by atoms with Crippen LogP contribution in [0.5, 0.6) is 0 Å². The molecule has 0 bridgehead atoms. The van der Waals surface area contributed by atoms with E-state index in [4.69, 9.17) is 0 Å². The molecule has 0 saturated carbocycles. The fourth-order valence-corrected chi connectivity index (χ4v) is 2.34. The van der Waals surface area contributed by atoms with Gasteiger partial charge in [0, 0.05) is 6.42 Å². The second-order valence-electron chi connectivity index (χ2n) is 4.92. The largest absolute Gasteiger partial charge is 0.317 e. The molecule has 1 N–H and O–H groups in total. The first-order chi connectivity index (χ1) is 7.68. The Kier molecular flexibility index (Phi) is 3.59. The maximum Gasteiger partial charge on any atom is 0.116 e. The molecule has 1 aromatic rings. The van der Waals surface area contributed by atoms with Crippen LogP contribution in [0.15, 0.2) is 24.3 Å². The van der Waals surface area contributed by atoms with Gasteiger partial charge in [-0.1, -0.05) is 29.8 Å². The van der Waals surface area contributed by atoms with E-state index < -0.39 is 5.67 Å². The summed E-state index contributed by atoms with van der Waals surface area (Å²) in [6.45, 7) is 3.83. The highest BCUT2D eigenvalue weighted by Crippen LogP contribution is 2.28. The number of nitrogens with one attached hydrogen (secondary N) is 1. The predicted molar refractivity (Wildman–Crippen MR) is 65.4 cm³/mol. The van der Waals surface area contributed by atoms with E-state index in [0.717, 1.165) is 25.1 Å². The van der Waals surface area contributed by atoms with E-state index >= 15 is 0 Å². The molecule has 0 radical (unpaired) electrons. The fourth-order valence-electron chi connectivity index (χ4n) is 2.34. The van der Waals surface area contributed by atoms with Crippen molar-refractivity contribution in [2.24, 2.45) is 0 Å². The molecule has 1 aliphatic heterocycles. The number of hydrogen-bond donors (Lipinski definition) is 1. The van der Waals surface area contributed by atoms with Crippen LogP contribution in [0.4, 0.5) is 4.39 Å². The van der Waals surface area contributed by atoms with Crippen molar-refractivity contribution in [3.05, 3.63) is 35.4 Å². The quantitative estimate of drug-likeness (QED) is 0.809. The lowest BCUT2D eigenvalue weighted by Gasteiger charge is -2.23. The molecule has 16 heavy (non-hydrogen) atoms. The van der Waals surface area contributed by atoms with Crippen molar-refractivity contribution in [1.82, 2.24) is 5.32 Å². The molecule has 2 rings (SSSR count). The van der Waals surface area contributed by atoms with Gasteiger partial charge in [-0.05, 0) is 44.8 Å². The minimum Gasteiger partial charge on any atom is -0.317 e. The van der Waals surface area contributed by atoms with Crippen LogP contribution in [0.3, 0.4) is 0 Å². The molecule has 0 amide bonds. The van der Waals surface area contributed by atoms with Gasteiger partial charge in [-0.3, -0.25) is 0 Å². The molecule has 2 heteroatoms. The number of halogens is 1. The number of rotatable bonds is 2. The summed E-state index contributed by atoms with van der Waals surface area (Å²) in [5.41, 5.74) is 1.35. The third-order valence-corrected chi connectivity index (χ3v) is 3.37. The minimum atomic E-state index is -1.00. The Morgan fingerprint density at radius 1 is 1.19 bits per heavy atom. The Hall–Kier alpha value is -0.890. The first-order valence-corrected chi connectivity index (χ1v) is 6.13. The highest BCUT2D eigenvalue weighted by molar-refractivity contribution is 5.22. The first kappa shape index (κ1) is 11.6. The van der Waals surface area contributed by atoms with Crippen molar-refractivity contribution in [3.8, 4) is 0 Å². The zero-order valence-corrected chi connectivity index (χ0v) is 9.93. The summed E-state index contributed by atoms with van der Waals surface area (Å²) < 4.78 is 14.6. The van der Waals surface area contributed by atoms with Gasteiger partial charge >= 0.3 is 0 Å². The smallest absolute Gasteiger partial charge is 0.116 e. The monoisotopic (exact) mass is 221 g/mol. The van der Waals surface area contributed by atoms with Gasteiger partial charge in [-0.25, -0.2) is 4.39 Å². The minimum absolute atomic E-state index is 0.564. The van der Waals surface area contributed by atoms with Gasteiger partial charge in [0.25, 0.3) is 0 Å². The zero-order chi connectivity index (χ0) is 11.4. The molecule has 88 valence electrons. The lowest BCUT2D eigenvalue weighted by atomic mass is 9.89. The van der Waals surface area contributed by atoms with Gasteiger partial charge in [0.2, 0.25) is 0 Å². The van der Waals surface area contributed by atoms with Gasteiger partial charge < -0.3 is 5.32 Å². The lowest BCUT2D eigenvalue weighted by molar-refractivity contribution is 0.144. The summed E-state index contributed by atoms with van der Waals surface area (Å²) in [5, 5.41) is 3.26. The van der Waals surface area contributed by atoms with Gasteiger partial charge in [0.15, 0.2) is 0 Å². The Balaban J connectivity index is 2.04. The Morgan fingerprint density at radius 3 is 2.69 bits per heavy atom. The van der Waals surface area contributed by atoms with E-state index in [0.29, 0.717) is 19.3 Å². The summed E-state index contributed by atoms with van der Waals surface area (Å²) in [7, 11) is 0. The van der Waals surface area contributed by atoms with Crippen molar-refractivity contribution in [1.29, 1.82) is 0 Å². The van der Waals surface area contributed by atoms with Crippen LogP contribution in [-0.4, -0.2) is 18.8 Å². The van der Waals surface area contributed by atoms with Crippen molar-refractivity contribution < 1.29 is 4.39 Å². The second-order valence-corrected chi connectivity index (χ2v) is 4.92.